The van der Waals surface area contributed by atoms with E-state index in [-0.39, 0.29) is 12.3 Å². The molecule has 0 saturated carbocycles. The molecule has 2 N–H and O–H groups in total. The number of nitrogens with zero attached hydrogens (tertiary/aromatic N) is 1. The Kier molecular flexibility index (Phi) is 5.72. The predicted octanol–water partition coefficient (Wildman–Crippen LogP) is 1.63. The molecule has 0 spiro atoms. The van der Waals surface area contributed by atoms with E-state index in [2.05, 4.69) is 0 Å². The van der Waals surface area contributed by atoms with Gasteiger partial charge >= 0.3 is 5.97 Å². The SMILES string of the molecule is COCCN(CC(=O)O)C(C)c1ccc(O)cc1F. The van der Waals surface area contributed by atoms with Crippen LogP contribution in [0.25, 0.3) is 0 Å². The minimum absolute atomic E-state index is 0.157. The highest BCUT2D eigenvalue weighted by Gasteiger charge is 2.21. The Bertz CT molecular complexity index is 439. The summed E-state index contributed by atoms with van der Waals surface area (Å²) in [4.78, 5) is 12.4. The number of carboxylic acid groups (broad SMARTS) is 1. The van der Waals surface area contributed by atoms with E-state index < -0.39 is 17.8 Å². The Morgan fingerprint density at radius 3 is 2.74 bits per heavy atom. The van der Waals surface area contributed by atoms with Crippen LogP contribution in [0.5, 0.6) is 5.75 Å². The van der Waals surface area contributed by atoms with Crippen LogP contribution < -0.4 is 0 Å². The highest BCUT2D eigenvalue weighted by atomic mass is 19.1. The van der Waals surface area contributed by atoms with Crippen molar-refractivity contribution in [1.82, 2.24) is 4.90 Å². The molecule has 1 unspecified atom stereocenters. The number of ether oxygens (including phenoxy) is 1. The van der Waals surface area contributed by atoms with Crippen LogP contribution in [0.15, 0.2) is 18.2 Å². The Morgan fingerprint density at radius 1 is 1.53 bits per heavy atom. The number of halogens is 1. The fraction of sp³-hybridized carbons (Fsp3) is 0.462. The van der Waals surface area contributed by atoms with E-state index in [4.69, 9.17) is 9.84 Å². The second kappa shape index (κ2) is 7.06. The van der Waals surface area contributed by atoms with Crippen molar-refractivity contribution in [3.05, 3.63) is 29.6 Å². The Labute approximate surface area is 111 Å². The molecule has 1 rings (SSSR count). The molecule has 0 aliphatic carbocycles. The van der Waals surface area contributed by atoms with Crippen molar-refractivity contribution in [2.45, 2.75) is 13.0 Å². The smallest absolute Gasteiger partial charge is 0.317 e. The number of aromatic hydroxyl groups is 1. The molecule has 5 nitrogen and oxygen atoms in total. The number of carboxylic acids is 1. The second-order valence-corrected chi connectivity index (χ2v) is 4.24. The quantitative estimate of drug-likeness (QED) is 0.788. The van der Waals surface area contributed by atoms with Crippen molar-refractivity contribution in [2.24, 2.45) is 0 Å². The van der Waals surface area contributed by atoms with Crippen molar-refractivity contribution < 1.29 is 24.1 Å². The molecule has 106 valence electrons. The van der Waals surface area contributed by atoms with Crippen LogP contribution in [0.2, 0.25) is 0 Å². The van der Waals surface area contributed by atoms with E-state index in [0.717, 1.165) is 6.07 Å². The van der Waals surface area contributed by atoms with Crippen molar-refractivity contribution in [3.8, 4) is 5.75 Å². The molecule has 0 bridgehead atoms. The average molecular weight is 271 g/mol. The summed E-state index contributed by atoms with van der Waals surface area (Å²) in [7, 11) is 1.52. The molecule has 0 saturated heterocycles. The maximum Gasteiger partial charge on any atom is 0.317 e. The van der Waals surface area contributed by atoms with Crippen molar-refractivity contribution in [1.29, 1.82) is 0 Å². The summed E-state index contributed by atoms with van der Waals surface area (Å²) in [5.74, 6) is -1.70. The zero-order valence-corrected chi connectivity index (χ0v) is 11.0. The van der Waals surface area contributed by atoms with E-state index in [0.29, 0.717) is 18.7 Å². The standard InChI is InChI=1S/C13H18FNO4/c1-9(11-4-3-10(16)7-12(11)14)15(5-6-19-2)8-13(17)18/h3-4,7,9,16H,5-6,8H2,1-2H3,(H,17,18). The fourth-order valence-electron chi connectivity index (χ4n) is 1.84. The van der Waals surface area contributed by atoms with Crippen LogP contribution in [0, 0.1) is 5.82 Å². The van der Waals surface area contributed by atoms with E-state index in [1.807, 2.05) is 0 Å². The Balaban J connectivity index is 2.90. The Hall–Kier alpha value is -1.66. The number of hydrogen-bond donors (Lipinski definition) is 2. The molecule has 0 fully saturated rings. The first-order valence-electron chi connectivity index (χ1n) is 5.89. The molecular formula is C13H18FNO4. The number of carbonyl (C=O) groups is 1. The maximum atomic E-state index is 13.8. The number of methoxy groups -OCH3 is 1. The van der Waals surface area contributed by atoms with Gasteiger partial charge in [0.25, 0.3) is 0 Å². The fourth-order valence-corrected chi connectivity index (χ4v) is 1.84. The highest BCUT2D eigenvalue weighted by Crippen LogP contribution is 2.25. The lowest BCUT2D eigenvalue weighted by Crippen LogP contribution is -2.35. The lowest BCUT2D eigenvalue weighted by molar-refractivity contribution is -0.139. The van der Waals surface area contributed by atoms with Gasteiger partial charge in [0, 0.05) is 31.3 Å². The van der Waals surface area contributed by atoms with Crippen LogP contribution >= 0.6 is 0 Å². The predicted molar refractivity (Wildman–Crippen MR) is 67.6 cm³/mol. The molecule has 19 heavy (non-hydrogen) atoms. The van der Waals surface area contributed by atoms with Gasteiger partial charge in [-0.05, 0) is 13.0 Å². The van der Waals surface area contributed by atoms with Gasteiger partial charge in [0.15, 0.2) is 0 Å². The van der Waals surface area contributed by atoms with E-state index in [9.17, 15) is 14.3 Å². The van der Waals surface area contributed by atoms with Gasteiger partial charge in [-0.2, -0.15) is 0 Å². The van der Waals surface area contributed by atoms with Crippen molar-refractivity contribution >= 4 is 5.97 Å². The normalized spacial score (nSPS) is 12.6. The molecule has 0 radical (unpaired) electrons. The number of rotatable bonds is 7. The van der Waals surface area contributed by atoms with Crippen molar-refractivity contribution in [3.63, 3.8) is 0 Å². The minimum Gasteiger partial charge on any atom is -0.508 e. The summed E-state index contributed by atoms with van der Waals surface area (Å²) in [6, 6.07) is 3.43. The van der Waals surface area contributed by atoms with Gasteiger partial charge in [-0.15, -0.1) is 0 Å². The summed E-state index contributed by atoms with van der Waals surface area (Å²) in [5.41, 5.74) is 0.343. The molecule has 6 heteroatoms. The molecule has 1 aromatic carbocycles. The van der Waals surface area contributed by atoms with E-state index >= 15 is 0 Å². The van der Waals surface area contributed by atoms with Gasteiger partial charge in [-0.1, -0.05) is 6.07 Å². The zero-order chi connectivity index (χ0) is 14.4. The number of hydrogen-bond acceptors (Lipinski definition) is 4. The van der Waals surface area contributed by atoms with Crippen LogP contribution in [0.3, 0.4) is 0 Å². The summed E-state index contributed by atoms with van der Waals surface area (Å²) >= 11 is 0. The molecule has 0 aromatic heterocycles. The largest absolute Gasteiger partial charge is 0.508 e. The van der Waals surface area contributed by atoms with Crippen LogP contribution in [0.1, 0.15) is 18.5 Å². The number of phenols is 1. The lowest BCUT2D eigenvalue weighted by atomic mass is 10.1. The van der Waals surface area contributed by atoms with Crippen LogP contribution in [-0.4, -0.2) is 47.9 Å². The first kappa shape index (κ1) is 15.4. The van der Waals surface area contributed by atoms with E-state index in [1.165, 1.54) is 19.2 Å². The number of phenolic OH excluding ortho intramolecular Hbond substituents is 1. The average Bonchev–Trinajstić information content (AvgIpc) is 2.33. The minimum atomic E-state index is -0.984. The third-order valence-electron chi connectivity index (χ3n) is 2.90. The lowest BCUT2D eigenvalue weighted by Gasteiger charge is -2.27. The van der Waals surface area contributed by atoms with Gasteiger partial charge in [0.05, 0.1) is 13.2 Å². The third kappa shape index (κ3) is 4.50. The first-order valence-corrected chi connectivity index (χ1v) is 5.89. The summed E-state index contributed by atoms with van der Waals surface area (Å²) in [6.45, 7) is 2.25. The third-order valence-corrected chi connectivity index (χ3v) is 2.90. The maximum absolute atomic E-state index is 13.8. The van der Waals surface area contributed by atoms with Crippen LogP contribution in [0.4, 0.5) is 4.39 Å². The summed E-state index contributed by atoms with van der Waals surface area (Å²) in [6.07, 6.45) is 0. The van der Waals surface area contributed by atoms with Gasteiger partial charge < -0.3 is 14.9 Å². The van der Waals surface area contributed by atoms with Crippen molar-refractivity contribution in [2.75, 3.05) is 26.8 Å². The first-order chi connectivity index (χ1) is 8.95. The number of benzene rings is 1. The second-order valence-electron chi connectivity index (χ2n) is 4.24. The number of aliphatic carboxylic acids is 1. The monoisotopic (exact) mass is 271 g/mol. The molecule has 0 aliphatic rings. The molecule has 0 aliphatic heterocycles. The molecule has 1 aromatic rings. The van der Waals surface area contributed by atoms with Gasteiger partial charge in [0.1, 0.15) is 11.6 Å². The highest BCUT2D eigenvalue weighted by molar-refractivity contribution is 5.69. The van der Waals surface area contributed by atoms with Gasteiger partial charge in [0.2, 0.25) is 0 Å². The molecular weight excluding hydrogens is 253 g/mol. The molecule has 0 heterocycles. The van der Waals surface area contributed by atoms with E-state index in [1.54, 1.807) is 11.8 Å². The summed E-state index contributed by atoms with van der Waals surface area (Å²) < 4.78 is 18.7. The molecule has 0 amide bonds. The summed E-state index contributed by atoms with van der Waals surface area (Å²) in [5, 5.41) is 18.1. The zero-order valence-electron chi connectivity index (χ0n) is 11.0. The van der Waals surface area contributed by atoms with Gasteiger partial charge in [-0.3, -0.25) is 9.69 Å². The topological polar surface area (TPSA) is 70.0 Å². The van der Waals surface area contributed by atoms with Crippen LogP contribution in [-0.2, 0) is 9.53 Å². The Morgan fingerprint density at radius 2 is 2.21 bits per heavy atom. The van der Waals surface area contributed by atoms with Gasteiger partial charge in [-0.25, -0.2) is 4.39 Å². The molecule has 1 atom stereocenters.